The third-order valence-electron chi connectivity index (χ3n) is 3.28. The van der Waals surface area contributed by atoms with Gasteiger partial charge in [0.1, 0.15) is 5.75 Å². The fourth-order valence-electron chi connectivity index (χ4n) is 2.03. The first-order chi connectivity index (χ1) is 11.0. The van der Waals surface area contributed by atoms with Gasteiger partial charge in [0, 0.05) is 5.02 Å². The van der Waals surface area contributed by atoms with E-state index < -0.39 is 6.10 Å². The van der Waals surface area contributed by atoms with Crippen LogP contribution in [-0.4, -0.2) is 17.0 Å². The Balaban J connectivity index is 1.68. The van der Waals surface area contributed by atoms with Gasteiger partial charge in [-0.15, -0.1) is 0 Å². The summed E-state index contributed by atoms with van der Waals surface area (Å²) in [6.07, 6.45) is -0.617. The molecule has 0 radical (unpaired) electrons. The van der Waals surface area contributed by atoms with E-state index in [1.165, 1.54) is 11.3 Å². The lowest BCUT2D eigenvalue weighted by Gasteiger charge is -2.13. The van der Waals surface area contributed by atoms with Gasteiger partial charge in [-0.1, -0.05) is 40.6 Å². The maximum Gasteiger partial charge on any atom is 0.266 e. The minimum Gasteiger partial charge on any atom is -0.481 e. The number of fused-ring (bicyclic) bond motifs is 1. The number of halogens is 1. The number of hydrogen-bond donors (Lipinski definition) is 1. The summed E-state index contributed by atoms with van der Waals surface area (Å²) in [6, 6.07) is 13.0. The number of carbonyl (C=O) groups is 1. The Hall–Kier alpha value is -2.11. The Morgan fingerprint density at radius 2 is 2.00 bits per heavy atom. The Labute approximate surface area is 143 Å². The number of carbonyl (C=O) groups excluding carboxylic acids is 1. The second-order valence-electron chi connectivity index (χ2n) is 5.19. The first-order valence-corrected chi connectivity index (χ1v) is 8.31. The van der Waals surface area contributed by atoms with Crippen molar-refractivity contribution in [2.24, 2.45) is 0 Å². The van der Waals surface area contributed by atoms with E-state index in [0.29, 0.717) is 15.9 Å². The second-order valence-corrected chi connectivity index (χ2v) is 6.66. The number of nitrogens with zero attached hydrogens (tertiary/aromatic N) is 1. The van der Waals surface area contributed by atoms with Crippen LogP contribution in [0.1, 0.15) is 12.5 Å². The molecule has 0 fully saturated rings. The summed E-state index contributed by atoms with van der Waals surface area (Å²) in [7, 11) is 0. The van der Waals surface area contributed by atoms with Gasteiger partial charge >= 0.3 is 0 Å². The van der Waals surface area contributed by atoms with Crippen LogP contribution in [-0.2, 0) is 4.79 Å². The van der Waals surface area contributed by atoms with Crippen LogP contribution in [0.15, 0.2) is 42.5 Å². The molecule has 0 spiro atoms. The van der Waals surface area contributed by atoms with Crippen LogP contribution in [0.2, 0.25) is 5.02 Å². The molecule has 4 nitrogen and oxygen atoms in total. The van der Waals surface area contributed by atoms with Gasteiger partial charge in [0.15, 0.2) is 11.2 Å². The summed E-state index contributed by atoms with van der Waals surface area (Å²) in [5.74, 6) is 0.421. The number of amides is 1. The first-order valence-electron chi connectivity index (χ1n) is 7.11. The highest BCUT2D eigenvalue weighted by Gasteiger charge is 2.16. The molecule has 0 aliphatic carbocycles. The Bertz CT molecular complexity index is 845. The molecule has 0 aliphatic heterocycles. The summed E-state index contributed by atoms with van der Waals surface area (Å²) in [4.78, 5) is 16.6. The molecule has 3 rings (SSSR count). The molecule has 1 unspecified atom stereocenters. The number of nitrogens with one attached hydrogen (secondary N) is 1. The number of ether oxygens (including phenoxy) is 1. The third kappa shape index (κ3) is 3.81. The molecule has 1 amide bonds. The molecular weight excluding hydrogens is 332 g/mol. The van der Waals surface area contributed by atoms with Crippen LogP contribution in [0.5, 0.6) is 5.75 Å². The van der Waals surface area contributed by atoms with Crippen molar-refractivity contribution in [1.82, 2.24) is 4.98 Å². The smallest absolute Gasteiger partial charge is 0.266 e. The third-order valence-corrected chi connectivity index (χ3v) is 4.45. The highest BCUT2D eigenvalue weighted by atomic mass is 35.5. The van der Waals surface area contributed by atoms with Crippen LogP contribution in [0.3, 0.4) is 0 Å². The van der Waals surface area contributed by atoms with Gasteiger partial charge in [-0.2, -0.15) is 0 Å². The van der Waals surface area contributed by atoms with Gasteiger partial charge in [0.2, 0.25) is 0 Å². The lowest BCUT2D eigenvalue weighted by Crippen LogP contribution is -2.30. The molecule has 6 heteroatoms. The highest BCUT2D eigenvalue weighted by molar-refractivity contribution is 7.22. The Morgan fingerprint density at radius 3 is 2.74 bits per heavy atom. The fraction of sp³-hybridized carbons (Fsp3) is 0.176. The molecular formula is C17H15ClN2O2S. The number of aromatic nitrogens is 1. The second kappa shape index (κ2) is 6.56. The van der Waals surface area contributed by atoms with E-state index >= 15 is 0 Å². The van der Waals surface area contributed by atoms with Crippen molar-refractivity contribution in [3.05, 3.63) is 53.1 Å². The molecule has 0 saturated heterocycles. The Kier molecular flexibility index (Phi) is 4.50. The van der Waals surface area contributed by atoms with E-state index in [4.69, 9.17) is 16.3 Å². The number of aryl methyl sites for hydroxylation is 1. The van der Waals surface area contributed by atoms with Gasteiger partial charge < -0.3 is 4.74 Å². The van der Waals surface area contributed by atoms with Crippen molar-refractivity contribution < 1.29 is 9.53 Å². The summed E-state index contributed by atoms with van der Waals surface area (Å²) < 4.78 is 6.57. The zero-order valence-electron chi connectivity index (χ0n) is 12.7. The molecule has 23 heavy (non-hydrogen) atoms. The zero-order chi connectivity index (χ0) is 16.4. The van der Waals surface area contributed by atoms with Gasteiger partial charge in [-0.3, -0.25) is 10.1 Å². The number of benzene rings is 2. The molecule has 118 valence electrons. The molecule has 1 atom stereocenters. The van der Waals surface area contributed by atoms with Crippen molar-refractivity contribution in [2.45, 2.75) is 20.0 Å². The van der Waals surface area contributed by atoms with Crippen molar-refractivity contribution in [3.63, 3.8) is 0 Å². The number of rotatable bonds is 4. The topological polar surface area (TPSA) is 51.2 Å². The van der Waals surface area contributed by atoms with Crippen LogP contribution in [0.4, 0.5) is 5.13 Å². The van der Waals surface area contributed by atoms with Gasteiger partial charge in [-0.05, 0) is 44.2 Å². The van der Waals surface area contributed by atoms with Crippen molar-refractivity contribution in [3.8, 4) is 5.75 Å². The van der Waals surface area contributed by atoms with E-state index in [9.17, 15) is 4.79 Å². The highest BCUT2D eigenvalue weighted by Crippen LogP contribution is 2.28. The van der Waals surface area contributed by atoms with E-state index in [1.807, 2.05) is 43.3 Å². The lowest BCUT2D eigenvalue weighted by atomic mass is 10.2. The fourth-order valence-corrected chi connectivity index (χ4v) is 3.18. The van der Waals surface area contributed by atoms with Gasteiger partial charge in [0.25, 0.3) is 5.91 Å². The molecule has 3 aromatic rings. The van der Waals surface area contributed by atoms with E-state index in [0.717, 1.165) is 15.8 Å². The van der Waals surface area contributed by atoms with Crippen molar-refractivity contribution in [2.75, 3.05) is 5.32 Å². The minimum absolute atomic E-state index is 0.240. The lowest BCUT2D eigenvalue weighted by molar-refractivity contribution is -0.122. The molecule has 1 aromatic heterocycles. The quantitative estimate of drug-likeness (QED) is 0.747. The minimum atomic E-state index is -0.617. The van der Waals surface area contributed by atoms with Crippen LogP contribution in [0.25, 0.3) is 10.2 Å². The van der Waals surface area contributed by atoms with Crippen LogP contribution < -0.4 is 10.1 Å². The normalized spacial score (nSPS) is 12.1. The average Bonchev–Trinajstić information content (AvgIpc) is 2.90. The first kappa shape index (κ1) is 15.8. The standard InChI is InChI=1S/C17H15ClN2O2S/c1-10-3-6-13(7-4-10)22-11(2)16(21)20-17-19-14-8-5-12(18)9-15(14)23-17/h3-9,11H,1-2H3,(H,19,20,21). The predicted molar refractivity (Wildman–Crippen MR) is 94.5 cm³/mol. The maximum absolute atomic E-state index is 12.2. The van der Waals surface area contributed by atoms with Crippen molar-refractivity contribution >= 4 is 44.2 Å². The summed E-state index contributed by atoms with van der Waals surface area (Å²) >= 11 is 7.34. The average molecular weight is 347 g/mol. The largest absolute Gasteiger partial charge is 0.481 e. The maximum atomic E-state index is 12.2. The van der Waals surface area contributed by atoms with Crippen molar-refractivity contribution in [1.29, 1.82) is 0 Å². The molecule has 1 heterocycles. The summed E-state index contributed by atoms with van der Waals surface area (Å²) in [5, 5.41) is 3.96. The summed E-state index contributed by atoms with van der Waals surface area (Å²) in [5.41, 5.74) is 1.95. The molecule has 1 N–H and O–H groups in total. The predicted octanol–water partition coefficient (Wildman–Crippen LogP) is 4.66. The SMILES string of the molecule is Cc1ccc(OC(C)C(=O)Nc2nc3ccc(Cl)cc3s2)cc1. The van der Waals surface area contributed by atoms with Crippen LogP contribution >= 0.6 is 22.9 Å². The monoisotopic (exact) mass is 346 g/mol. The number of thiazole rings is 1. The molecule has 0 saturated carbocycles. The summed E-state index contributed by atoms with van der Waals surface area (Å²) in [6.45, 7) is 3.71. The van der Waals surface area contributed by atoms with E-state index in [2.05, 4.69) is 10.3 Å². The van der Waals surface area contributed by atoms with Gasteiger partial charge in [-0.25, -0.2) is 4.98 Å². The number of anilines is 1. The van der Waals surface area contributed by atoms with E-state index in [-0.39, 0.29) is 5.91 Å². The zero-order valence-corrected chi connectivity index (χ0v) is 14.2. The number of hydrogen-bond acceptors (Lipinski definition) is 4. The Morgan fingerprint density at radius 1 is 1.26 bits per heavy atom. The molecule has 2 aromatic carbocycles. The molecule has 0 aliphatic rings. The molecule has 0 bridgehead atoms. The van der Waals surface area contributed by atoms with Crippen LogP contribution in [0, 0.1) is 6.92 Å². The van der Waals surface area contributed by atoms with Gasteiger partial charge in [0.05, 0.1) is 10.2 Å². The van der Waals surface area contributed by atoms with E-state index in [1.54, 1.807) is 13.0 Å².